The Labute approximate surface area is 266 Å². The largest absolute Gasteiger partial charge is 0.393 e. The molecule has 45 heavy (non-hydrogen) atoms. The number of hydrogen-bond acceptors (Lipinski definition) is 6. The Balaban J connectivity index is 1.11. The van der Waals surface area contributed by atoms with Crippen molar-refractivity contribution in [3.8, 4) is 0 Å². The summed E-state index contributed by atoms with van der Waals surface area (Å²) in [5, 5.41) is 5.53. The minimum atomic E-state index is -4.25. The predicted molar refractivity (Wildman–Crippen MR) is 175 cm³/mol. The fourth-order valence-electron chi connectivity index (χ4n) is 6.96. The molecule has 0 saturated carbocycles. The summed E-state index contributed by atoms with van der Waals surface area (Å²) >= 11 is 1.11. The highest BCUT2D eigenvalue weighted by molar-refractivity contribution is 7.18. The number of aryl methyl sites for hydroxylation is 3. The maximum absolute atomic E-state index is 13.1. The predicted octanol–water partition coefficient (Wildman–Crippen LogP) is 7.41. The van der Waals surface area contributed by atoms with Gasteiger partial charge in [-0.05, 0) is 75.8 Å². The van der Waals surface area contributed by atoms with Crippen LogP contribution in [0.3, 0.4) is 0 Å². The molecule has 2 fully saturated rings. The van der Waals surface area contributed by atoms with Gasteiger partial charge >= 0.3 is 6.18 Å². The van der Waals surface area contributed by atoms with Crippen molar-refractivity contribution in [2.75, 3.05) is 25.0 Å². The summed E-state index contributed by atoms with van der Waals surface area (Å²) in [6.45, 7) is 12.9. The number of aromatic nitrogens is 3. The van der Waals surface area contributed by atoms with E-state index in [0.717, 1.165) is 69.7 Å². The van der Waals surface area contributed by atoms with Crippen molar-refractivity contribution >= 4 is 44.2 Å². The van der Waals surface area contributed by atoms with E-state index < -0.39 is 12.6 Å². The van der Waals surface area contributed by atoms with Crippen LogP contribution in [0.4, 0.5) is 19.0 Å². The lowest BCUT2D eigenvalue weighted by Gasteiger charge is -2.33. The van der Waals surface area contributed by atoms with Crippen molar-refractivity contribution < 1.29 is 18.0 Å². The van der Waals surface area contributed by atoms with Gasteiger partial charge in [0.1, 0.15) is 16.5 Å². The first-order chi connectivity index (χ1) is 21.5. The van der Waals surface area contributed by atoms with E-state index in [4.69, 9.17) is 0 Å². The number of likely N-dealkylation sites (tertiary alicyclic amines) is 2. The van der Waals surface area contributed by atoms with E-state index in [1.54, 1.807) is 6.07 Å². The number of amides is 1. The fraction of sp³-hybridized carbons (Fsp3) is 0.559. The lowest BCUT2D eigenvalue weighted by molar-refractivity contribution is -0.135. The van der Waals surface area contributed by atoms with Crippen molar-refractivity contribution in [1.82, 2.24) is 24.3 Å². The van der Waals surface area contributed by atoms with Gasteiger partial charge in [0.05, 0.1) is 11.8 Å². The molecule has 1 N–H and O–H groups in total. The third-order valence-electron chi connectivity index (χ3n) is 9.52. The van der Waals surface area contributed by atoms with Gasteiger partial charge in [0.25, 0.3) is 0 Å². The number of carbonyl (C=O) groups is 1. The van der Waals surface area contributed by atoms with E-state index in [0.29, 0.717) is 34.7 Å². The molecule has 1 aromatic carbocycles. The second kappa shape index (κ2) is 12.9. The minimum absolute atomic E-state index is 0.163. The minimum Gasteiger partial charge on any atom is -0.367 e. The van der Waals surface area contributed by atoms with Gasteiger partial charge < -0.3 is 14.8 Å². The standard InChI is InChI=1S/C34H43F3N6OS/c1-5-30-39-32(28-17-26(18-34(35,36)37)45-33(28)40-30)38-25-11-14-41(15-12-25)20-24-9-10-29-27(23(24)4)16-21(2)43(29)19-22(3)42-13-7-6-8-31(42)44/h9-10,16-17,22,25H,5-8,11-15,18-20H2,1-4H3,(H,38,39,40)/t22-/m0/s1. The number of nitrogens with one attached hydrogen (secondary N) is 1. The quantitative estimate of drug-likeness (QED) is 0.207. The van der Waals surface area contributed by atoms with Crippen molar-refractivity contribution in [1.29, 1.82) is 0 Å². The molecule has 1 atom stereocenters. The van der Waals surface area contributed by atoms with Crippen LogP contribution in [0.25, 0.3) is 21.1 Å². The van der Waals surface area contributed by atoms with Gasteiger partial charge in [-0.25, -0.2) is 9.97 Å². The summed E-state index contributed by atoms with van der Waals surface area (Å²) in [4.78, 5) is 27.1. The van der Waals surface area contributed by atoms with Gasteiger partial charge in [-0.3, -0.25) is 9.69 Å². The molecular weight excluding hydrogens is 597 g/mol. The van der Waals surface area contributed by atoms with Gasteiger partial charge in [-0.2, -0.15) is 13.2 Å². The van der Waals surface area contributed by atoms with Crippen LogP contribution in [-0.2, 0) is 30.7 Å². The van der Waals surface area contributed by atoms with Gasteiger partial charge in [0, 0.05) is 79.1 Å². The number of nitrogens with zero attached hydrogens (tertiary/aromatic N) is 5. The number of benzene rings is 1. The Hall–Kier alpha value is -3.18. The molecule has 2 aliphatic heterocycles. The number of thiophene rings is 1. The molecule has 3 aromatic heterocycles. The maximum Gasteiger partial charge on any atom is 0.393 e. The van der Waals surface area contributed by atoms with E-state index in [1.165, 1.54) is 27.7 Å². The van der Waals surface area contributed by atoms with Gasteiger partial charge in [-0.15, -0.1) is 11.3 Å². The van der Waals surface area contributed by atoms with Crippen molar-refractivity contribution in [3.05, 3.63) is 51.8 Å². The van der Waals surface area contributed by atoms with Crippen LogP contribution in [0.5, 0.6) is 0 Å². The molecule has 5 heterocycles. The molecular formula is C34H43F3N6OS. The second-order valence-corrected chi connectivity index (χ2v) is 13.9. The third-order valence-corrected chi connectivity index (χ3v) is 10.5. The zero-order valence-electron chi connectivity index (χ0n) is 26.6. The number of piperidine rings is 2. The molecule has 2 aliphatic rings. The average Bonchev–Trinajstić information content (AvgIpc) is 3.54. The third kappa shape index (κ3) is 6.99. The Morgan fingerprint density at radius 3 is 2.56 bits per heavy atom. The van der Waals surface area contributed by atoms with E-state index in [2.05, 4.69) is 68.6 Å². The lowest BCUT2D eigenvalue weighted by Crippen LogP contribution is -2.43. The molecule has 6 rings (SSSR count). The summed E-state index contributed by atoms with van der Waals surface area (Å²) in [6, 6.07) is 8.75. The Kier molecular flexibility index (Phi) is 9.12. The first kappa shape index (κ1) is 31.8. The molecule has 1 amide bonds. The van der Waals surface area contributed by atoms with Crippen molar-refractivity contribution in [2.45, 2.75) is 104 Å². The lowest BCUT2D eigenvalue weighted by atomic mass is 10.0. The van der Waals surface area contributed by atoms with Gasteiger partial charge in [0.15, 0.2) is 0 Å². The van der Waals surface area contributed by atoms with Crippen LogP contribution >= 0.6 is 11.3 Å². The Morgan fingerprint density at radius 1 is 1.07 bits per heavy atom. The van der Waals surface area contributed by atoms with E-state index >= 15 is 0 Å². The van der Waals surface area contributed by atoms with Crippen LogP contribution in [0.15, 0.2) is 24.3 Å². The molecule has 0 unspecified atom stereocenters. The van der Waals surface area contributed by atoms with Crippen LogP contribution in [0.2, 0.25) is 0 Å². The Bertz CT molecular complexity index is 1690. The number of halogens is 3. The van der Waals surface area contributed by atoms with E-state index in [9.17, 15) is 18.0 Å². The summed E-state index contributed by atoms with van der Waals surface area (Å²) in [5.74, 6) is 1.57. The zero-order valence-corrected chi connectivity index (χ0v) is 27.5. The monoisotopic (exact) mass is 640 g/mol. The highest BCUT2D eigenvalue weighted by Gasteiger charge is 2.30. The fourth-order valence-corrected chi connectivity index (χ4v) is 8.04. The molecule has 7 nitrogen and oxygen atoms in total. The van der Waals surface area contributed by atoms with E-state index in [1.807, 2.05) is 6.92 Å². The van der Waals surface area contributed by atoms with Crippen molar-refractivity contribution in [3.63, 3.8) is 0 Å². The van der Waals surface area contributed by atoms with Crippen LogP contribution in [0, 0.1) is 13.8 Å². The van der Waals surface area contributed by atoms with Crippen LogP contribution < -0.4 is 5.32 Å². The van der Waals surface area contributed by atoms with Crippen LogP contribution in [0.1, 0.15) is 73.5 Å². The molecule has 242 valence electrons. The van der Waals surface area contributed by atoms with Crippen LogP contribution in [-0.4, -0.2) is 68.1 Å². The number of carbonyl (C=O) groups excluding carboxylic acids is 1. The molecule has 0 spiro atoms. The number of anilines is 1. The molecule has 11 heteroatoms. The molecule has 0 aliphatic carbocycles. The number of hydrogen-bond donors (Lipinski definition) is 1. The summed E-state index contributed by atoms with van der Waals surface area (Å²) in [6.07, 6.45) is 0.0345. The molecule has 4 aromatic rings. The molecule has 0 radical (unpaired) electrons. The molecule has 0 bridgehead atoms. The highest BCUT2D eigenvalue weighted by atomic mass is 32.1. The molecule has 2 saturated heterocycles. The average molecular weight is 641 g/mol. The van der Waals surface area contributed by atoms with Gasteiger partial charge in [0.2, 0.25) is 5.91 Å². The number of alkyl halides is 3. The summed E-state index contributed by atoms with van der Waals surface area (Å²) in [5.41, 5.74) is 5.07. The SMILES string of the molecule is CCc1nc(NC2CCN(Cc3ccc4c(cc(C)n4C[C@H](C)N4CCCCC4=O)c3C)CC2)c2cc(CC(F)(F)F)sc2n1. The first-order valence-electron chi connectivity index (χ1n) is 16.2. The summed E-state index contributed by atoms with van der Waals surface area (Å²) < 4.78 is 41.5. The van der Waals surface area contributed by atoms with Gasteiger partial charge in [-0.1, -0.05) is 13.0 Å². The van der Waals surface area contributed by atoms with E-state index in [-0.39, 0.29) is 22.9 Å². The summed E-state index contributed by atoms with van der Waals surface area (Å²) in [7, 11) is 0. The zero-order chi connectivity index (χ0) is 31.9. The maximum atomic E-state index is 13.1. The second-order valence-electron chi connectivity index (χ2n) is 12.8. The normalized spacial score (nSPS) is 17.9. The van der Waals surface area contributed by atoms with Crippen molar-refractivity contribution in [2.24, 2.45) is 0 Å². The number of fused-ring (bicyclic) bond motifs is 2. The first-order valence-corrected chi connectivity index (χ1v) is 17.0. The highest BCUT2D eigenvalue weighted by Crippen LogP contribution is 2.34. The smallest absolute Gasteiger partial charge is 0.367 e. The number of rotatable bonds is 9. The topological polar surface area (TPSA) is 66.3 Å². The Morgan fingerprint density at radius 2 is 1.84 bits per heavy atom.